The van der Waals surface area contributed by atoms with Crippen molar-refractivity contribution in [2.45, 2.75) is 50.6 Å². The van der Waals surface area contributed by atoms with Gasteiger partial charge in [0, 0.05) is 46.1 Å². The van der Waals surface area contributed by atoms with Crippen molar-refractivity contribution in [2.75, 3.05) is 34.2 Å². The summed E-state index contributed by atoms with van der Waals surface area (Å²) in [5.74, 6) is 0.952. The first-order chi connectivity index (χ1) is 14.5. The molecule has 1 heterocycles. The van der Waals surface area contributed by atoms with Gasteiger partial charge in [-0.15, -0.1) is 24.0 Å². The quantitative estimate of drug-likeness (QED) is 0.330. The smallest absolute Gasteiger partial charge is 0.243 e. The highest BCUT2D eigenvalue weighted by Gasteiger charge is 2.38. The minimum absolute atomic E-state index is 0. The van der Waals surface area contributed by atoms with Gasteiger partial charge in [-0.1, -0.05) is 49.6 Å². The van der Waals surface area contributed by atoms with Crippen LogP contribution in [0.4, 0.5) is 0 Å². The Labute approximate surface area is 203 Å². The lowest BCUT2D eigenvalue weighted by atomic mass is 9.93. The van der Waals surface area contributed by atoms with Crippen LogP contribution in [-0.4, -0.2) is 67.8 Å². The average molecular weight is 541 g/mol. The summed E-state index contributed by atoms with van der Waals surface area (Å²) in [5, 5.41) is 6.95. The summed E-state index contributed by atoms with van der Waals surface area (Å²) in [4.78, 5) is 32.4. The first kappa shape index (κ1) is 25.4. The molecule has 1 saturated carbocycles. The molecule has 0 bridgehead atoms. The maximum Gasteiger partial charge on any atom is 0.243 e. The van der Waals surface area contributed by atoms with E-state index in [0.717, 1.165) is 18.4 Å². The van der Waals surface area contributed by atoms with Crippen LogP contribution >= 0.6 is 24.0 Å². The molecule has 1 aromatic rings. The molecule has 172 valence electrons. The number of likely N-dealkylation sites (tertiary alicyclic amines) is 1. The topological polar surface area (TPSA) is 77.0 Å². The summed E-state index contributed by atoms with van der Waals surface area (Å²) in [5.41, 5.74) is 1.15. The van der Waals surface area contributed by atoms with Crippen LogP contribution in [0.2, 0.25) is 0 Å². The minimum atomic E-state index is -0.0299. The van der Waals surface area contributed by atoms with Gasteiger partial charge < -0.3 is 20.4 Å². The summed E-state index contributed by atoms with van der Waals surface area (Å²) in [6.07, 6.45) is 6.49. The fourth-order valence-corrected chi connectivity index (χ4v) is 4.39. The first-order valence-electron chi connectivity index (χ1n) is 11.0. The average Bonchev–Trinajstić information content (AvgIpc) is 3.04. The van der Waals surface area contributed by atoms with Crippen molar-refractivity contribution in [3.05, 3.63) is 35.9 Å². The summed E-state index contributed by atoms with van der Waals surface area (Å²) in [7, 11) is 5.36. The molecule has 0 radical (unpaired) electrons. The van der Waals surface area contributed by atoms with Gasteiger partial charge in [0.2, 0.25) is 11.8 Å². The number of rotatable bonds is 6. The second kappa shape index (κ2) is 12.3. The van der Waals surface area contributed by atoms with Gasteiger partial charge in [-0.05, 0) is 18.4 Å². The Morgan fingerprint density at radius 3 is 2.48 bits per heavy atom. The van der Waals surface area contributed by atoms with Crippen LogP contribution in [0.1, 0.15) is 50.1 Å². The number of nitrogens with zero attached hydrogens (tertiary/aromatic N) is 3. The van der Waals surface area contributed by atoms with Crippen LogP contribution in [0.3, 0.4) is 0 Å². The van der Waals surface area contributed by atoms with Gasteiger partial charge in [-0.2, -0.15) is 0 Å². The predicted octanol–water partition coefficient (Wildman–Crippen LogP) is 2.78. The van der Waals surface area contributed by atoms with E-state index in [1.165, 1.54) is 19.3 Å². The Balaban J connectivity index is 0.00000341. The number of guanidine groups is 1. The van der Waals surface area contributed by atoms with Crippen LogP contribution in [0.25, 0.3) is 0 Å². The third-order valence-corrected chi connectivity index (χ3v) is 6.18. The molecule has 31 heavy (non-hydrogen) atoms. The molecule has 1 aromatic carbocycles. The number of benzene rings is 1. The van der Waals surface area contributed by atoms with Crippen LogP contribution in [0.15, 0.2) is 35.3 Å². The lowest BCUT2D eigenvalue weighted by Crippen LogP contribution is -2.46. The summed E-state index contributed by atoms with van der Waals surface area (Å²) in [6.45, 7) is 0.741. The molecule has 2 aliphatic rings. The highest BCUT2D eigenvalue weighted by molar-refractivity contribution is 14.0. The Morgan fingerprint density at radius 2 is 1.84 bits per heavy atom. The van der Waals surface area contributed by atoms with Gasteiger partial charge in [-0.3, -0.25) is 9.59 Å². The van der Waals surface area contributed by atoms with Gasteiger partial charge in [0.1, 0.15) is 6.54 Å². The van der Waals surface area contributed by atoms with Crippen LogP contribution in [0.5, 0.6) is 0 Å². The molecule has 0 aromatic heterocycles. The second-order valence-corrected chi connectivity index (χ2v) is 8.64. The predicted molar refractivity (Wildman–Crippen MR) is 134 cm³/mol. The number of aliphatic imine (C=N–C) groups is 1. The van der Waals surface area contributed by atoms with Crippen molar-refractivity contribution in [1.29, 1.82) is 0 Å². The molecule has 1 aliphatic carbocycles. The van der Waals surface area contributed by atoms with Crippen LogP contribution < -0.4 is 10.6 Å². The zero-order valence-corrected chi connectivity index (χ0v) is 21.2. The zero-order valence-electron chi connectivity index (χ0n) is 18.8. The van der Waals surface area contributed by atoms with Crippen molar-refractivity contribution in [1.82, 2.24) is 20.4 Å². The number of amides is 2. The van der Waals surface area contributed by atoms with Crippen LogP contribution in [0, 0.1) is 5.92 Å². The van der Waals surface area contributed by atoms with Gasteiger partial charge in [0.05, 0.1) is 6.04 Å². The van der Waals surface area contributed by atoms with E-state index in [2.05, 4.69) is 27.8 Å². The van der Waals surface area contributed by atoms with E-state index in [1.54, 1.807) is 19.0 Å². The van der Waals surface area contributed by atoms with E-state index in [4.69, 9.17) is 0 Å². The molecule has 7 nitrogen and oxygen atoms in total. The van der Waals surface area contributed by atoms with Crippen molar-refractivity contribution >= 4 is 41.8 Å². The molecule has 2 N–H and O–H groups in total. The number of hydrogen-bond acceptors (Lipinski definition) is 3. The number of likely N-dealkylation sites (N-methyl/N-ethyl adjacent to an activating group) is 1. The van der Waals surface area contributed by atoms with E-state index in [-0.39, 0.29) is 54.3 Å². The Kier molecular flexibility index (Phi) is 10.1. The third kappa shape index (κ3) is 7.08. The molecule has 3 rings (SSSR count). The van der Waals surface area contributed by atoms with E-state index >= 15 is 0 Å². The summed E-state index contributed by atoms with van der Waals surface area (Å²) in [6, 6.07) is 10.6. The number of halogens is 1. The van der Waals surface area contributed by atoms with E-state index in [9.17, 15) is 9.59 Å². The number of carbonyl (C=O) groups is 2. The van der Waals surface area contributed by atoms with Gasteiger partial charge in [-0.25, -0.2) is 4.99 Å². The van der Waals surface area contributed by atoms with Gasteiger partial charge in [0.15, 0.2) is 5.96 Å². The SMILES string of the molecule is CN(C)C(=O)CN=C(NCC1CC(=O)N(C)C1c1ccccc1)NC1CCCCC1.I. The molecule has 8 heteroatoms. The summed E-state index contributed by atoms with van der Waals surface area (Å²) < 4.78 is 0. The molecule has 2 atom stereocenters. The largest absolute Gasteiger partial charge is 0.356 e. The van der Waals surface area contributed by atoms with Crippen molar-refractivity contribution in [3.8, 4) is 0 Å². The molecule has 2 amide bonds. The van der Waals surface area contributed by atoms with Crippen molar-refractivity contribution in [2.24, 2.45) is 10.9 Å². The van der Waals surface area contributed by atoms with Gasteiger partial charge >= 0.3 is 0 Å². The standard InChI is InChI=1S/C23H35N5O2.HI/c1-27(2)21(30)16-25-23(26-19-12-8-5-9-13-19)24-15-18-14-20(29)28(3)22(18)17-10-6-4-7-11-17;/h4,6-7,10-11,18-19,22H,5,8-9,12-16H2,1-3H3,(H2,24,25,26);1H. The van der Waals surface area contributed by atoms with Gasteiger partial charge in [0.25, 0.3) is 0 Å². The fourth-order valence-electron chi connectivity index (χ4n) is 4.39. The maximum absolute atomic E-state index is 12.4. The highest BCUT2D eigenvalue weighted by atomic mass is 127. The first-order valence-corrected chi connectivity index (χ1v) is 11.0. The normalized spacial score (nSPS) is 22.1. The third-order valence-electron chi connectivity index (χ3n) is 6.18. The lowest BCUT2D eigenvalue weighted by Gasteiger charge is -2.28. The molecular formula is C23H36IN5O2. The number of carbonyl (C=O) groups excluding carboxylic acids is 2. The molecule has 0 spiro atoms. The van der Waals surface area contributed by atoms with Crippen LogP contribution in [-0.2, 0) is 9.59 Å². The fraction of sp³-hybridized carbons (Fsp3) is 0.609. The molecular weight excluding hydrogens is 505 g/mol. The van der Waals surface area contributed by atoms with E-state index in [0.29, 0.717) is 25.0 Å². The number of hydrogen-bond donors (Lipinski definition) is 2. The molecule has 2 fully saturated rings. The summed E-state index contributed by atoms with van der Waals surface area (Å²) >= 11 is 0. The Hall–Kier alpha value is -1.84. The Bertz CT molecular complexity index is 750. The number of nitrogens with one attached hydrogen (secondary N) is 2. The van der Waals surface area contributed by atoms with Crippen molar-refractivity contribution in [3.63, 3.8) is 0 Å². The molecule has 1 aliphatic heterocycles. The van der Waals surface area contributed by atoms with Crippen molar-refractivity contribution < 1.29 is 9.59 Å². The highest BCUT2D eigenvalue weighted by Crippen LogP contribution is 2.36. The Morgan fingerprint density at radius 1 is 1.16 bits per heavy atom. The lowest BCUT2D eigenvalue weighted by molar-refractivity contribution is -0.128. The minimum Gasteiger partial charge on any atom is -0.356 e. The second-order valence-electron chi connectivity index (χ2n) is 8.64. The monoisotopic (exact) mass is 541 g/mol. The van der Waals surface area contributed by atoms with E-state index in [1.807, 2.05) is 30.1 Å². The molecule has 2 unspecified atom stereocenters. The molecule has 1 saturated heterocycles. The maximum atomic E-state index is 12.4. The zero-order chi connectivity index (χ0) is 21.5. The van der Waals surface area contributed by atoms with E-state index < -0.39 is 0 Å².